The van der Waals surface area contributed by atoms with Crippen LogP contribution in [0.25, 0.3) is 0 Å². The molecule has 0 radical (unpaired) electrons. The van der Waals surface area contributed by atoms with E-state index in [9.17, 15) is 9.90 Å². The molecule has 1 amide bonds. The van der Waals surface area contributed by atoms with E-state index in [1.54, 1.807) is 4.90 Å². The standard InChI is InChI=1S/C23H31N3O3/c1-16-14-24-25-22(16)20-8-5-13-26(23(27)28)21(20)15-29-19-11-9-18(10-12-19)17-6-3-2-4-7-17/h2-4,6-7,14,18-21H,5,8-13,15H2,1H3,(H,24,25)(H,27,28). The smallest absolute Gasteiger partial charge is 0.407 e. The van der Waals surface area contributed by atoms with Gasteiger partial charge in [0.05, 0.1) is 24.9 Å². The Morgan fingerprint density at radius 1 is 1.21 bits per heavy atom. The maximum absolute atomic E-state index is 11.9. The molecule has 4 rings (SSSR count). The summed E-state index contributed by atoms with van der Waals surface area (Å²) in [4.78, 5) is 13.4. The fraction of sp³-hybridized carbons (Fsp3) is 0.565. The summed E-state index contributed by atoms with van der Waals surface area (Å²) in [7, 11) is 0. The molecule has 2 unspecified atom stereocenters. The Labute approximate surface area is 172 Å². The van der Waals surface area contributed by atoms with Gasteiger partial charge in [0.1, 0.15) is 0 Å². The lowest BCUT2D eigenvalue weighted by atomic mass is 9.82. The van der Waals surface area contributed by atoms with Crippen LogP contribution in [0.3, 0.4) is 0 Å². The quantitative estimate of drug-likeness (QED) is 0.767. The van der Waals surface area contributed by atoms with E-state index in [-0.39, 0.29) is 18.1 Å². The molecule has 1 aromatic carbocycles. The highest BCUT2D eigenvalue weighted by Gasteiger charge is 2.37. The normalized spacial score (nSPS) is 27.7. The van der Waals surface area contributed by atoms with Gasteiger partial charge < -0.3 is 14.7 Å². The summed E-state index contributed by atoms with van der Waals surface area (Å²) in [5.41, 5.74) is 3.57. The molecular formula is C23H31N3O3. The number of rotatable bonds is 5. The van der Waals surface area contributed by atoms with Gasteiger partial charge >= 0.3 is 6.09 Å². The second kappa shape index (κ2) is 8.99. The van der Waals surface area contributed by atoms with E-state index in [1.807, 2.05) is 13.1 Å². The molecule has 29 heavy (non-hydrogen) atoms. The number of aromatic amines is 1. The van der Waals surface area contributed by atoms with Crippen LogP contribution in [0.1, 0.15) is 67.2 Å². The SMILES string of the molecule is Cc1cn[nH]c1C1CCCN(C(=O)O)C1COC1CCC(c2ccccc2)CC1. The van der Waals surface area contributed by atoms with Gasteiger partial charge in [0.25, 0.3) is 0 Å². The lowest BCUT2D eigenvalue weighted by Crippen LogP contribution is -2.50. The van der Waals surface area contributed by atoms with Gasteiger partial charge in [-0.25, -0.2) is 4.79 Å². The third kappa shape index (κ3) is 4.47. The molecule has 2 atom stereocenters. The van der Waals surface area contributed by atoms with Crippen molar-refractivity contribution in [2.45, 2.75) is 69.4 Å². The summed E-state index contributed by atoms with van der Waals surface area (Å²) in [6.07, 6.45) is 7.34. The number of ether oxygens (including phenoxy) is 1. The Morgan fingerprint density at radius 2 is 1.97 bits per heavy atom. The van der Waals surface area contributed by atoms with E-state index in [0.29, 0.717) is 19.1 Å². The van der Waals surface area contributed by atoms with E-state index in [2.05, 4.69) is 40.5 Å². The van der Waals surface area contributed by atoms with E-state index < -0.39 is 6.09 Å². The van der Waals surface area contributed by atoms with Gasteiger partial charge in [-0.1, -0.05) is 30.3 Å². The first kappa shape index (κ1) is 20.0. The molecule has 1 aromatic heterocycles. The zero-order chi connectivity index (χ0) is 20.2. The number of carbonyl (C=O) groups is 1. The fourth-order valence-corrected chi connectivity index (χ4v) is 5.09. The molecular weight excluding hydrogens is 366 g/mol. The van der Waals surface area contributed by atoms with Crippen LogP contribution in [0.2, 0.25) is 0 Å². The molecule has 1 saturated heterocycles. The Balaban J connectivity index is 1.38. The van der Waals surface area contributed by atoms with Crippen LogP contribution < -0.4 is 0 Å². The van der Waals surface area contributed by atoms with Gasteiger partial charge in [-0.05, 0) is 62.5 Å². The monoisotopic (exact) mass is 397 g/mol. The number of carboxylic acid groups (broad SMARTS) is 1. The number of hydrogen-bond acceptors (Lipinski definition) is 3. The van der Waals surface area contributed by atoms with Crippen molar-refractivity contribution in [3.63, 3.8) is 0 Å². The predicted octanol–water partition coefficient (Wildman–Crippen LogP) is 4.69. The fourth-order valence-electron chi connectivity index (χ4n) is 5.09. The van der Waals surface area contributed by atoms with Crippen LogP contribution in [0.15, 0.2) is 36.5 Å². The van der Waals surface area contributed by atoms with Crippen molar-refractivity contribution in [3.8, 4) is 0 Å². The molecule has 2 aromatic rings. The van der Waals surface area contributed by atoms with E-state index in [1.165, 1.54) is 5.56 Å². The molecule has 0 spiro atoms. The number of nitrogens with one attached hydrogen (secondary N) is 1. The maximum Gasteiger partial charge on any atom is 0.407 e. The number of aryl methyl sites for hydroxylation is 1. The largest absolute Gasteiger partial charge is 0.465 e. The van der Waals surface area contributed by atoms with Crippen molar-refractivity contribution in [2.75, 3.05) is 13.2 Å². The Kier molecular flexibility index (Phi) is 6.19. The third-order valence-electron chi connectivity index (χ3n) is 6.71. The van der Waals surface area contributed by atoms with Crippen molar-refractivity contribution in [1.29, 1.82) is 0 Å². The van der Waals surface area contributed by atoms with Crippen molar-refractivity contribution >= 4 is 6.09 Å². The molecule has 1 aliphatic carbocycles. The Hall–Kier alpha value is -2.34. The van der Waals surface area contributed by atoms with Crippen LogP contribution >= 0.6 is 0 Å². The van der Waals surface area contributed by atoms with Crippen LogP contribution in [0.4, 0.5) is 4.79 Å². The van der Waals surface area contributed by atoms with Crippen LogP contribution in [0, 0.1) is 6.92 Å². The van der Waals surface area contributed by atoms with Gasteiger partial charge in [-0.2, -0.15) is 5.10 Å². The highest BCUT2D eigenvalue weighted by molar-refractivity contribution is 5.66. The summed E-state index contributed by atoms with van der Waals surface area (Å²) in [6, 6.07) is 10.6. The third-order valence-corrected chi connectivity index (χ3v) is 6.71. The highest BCUT2D eigenvalue weighted by Crippen LogP contribution is 2.36. The molecule has 1 aliphatic heterocycles. The van der Waals surface area contributed by atoms with Gasteiger partial charge in [0.15, 0.2) is 0 Å². The number of H-pyrrole nitrogens is 1. The topological polar surface area (TPSA) is 78.5 Å². The number of nitrogens with zero attached hydrogens (tertiary/aromatic N) is 2. The molecule has 2 fully saturated rings. The minimum absolute atomic E-state index is 0.114. The molecule has 6 heteroatoms. The van der Waals surface area contributed by atoms with Crippen LogP contribution in [-0.2, 0) is 4.74 Å². The van der Waals surface area contributed by atoms with Gasteiger partial charge in [0, 0.05) is 18.2 Å². The molecule has 2 aliphatic rings. The van der Waals surface area contributed by atoms with Gasteiger partial charge in [0.2, 0.25) is 0 Å². The van der Waals surface area contributed by atoms with E-state index in [4.69, 9.17) is 4.74 Å². The van der Waals surface area contributed by atoms with E-state index >= 15 is 0 Å². The van der Waals surface area contributed by atoms with Crippen molar-refractivity contribution in [2.24, 2.45) is 0 Å². The van der Waals surface area contributed by atoms with Crippen molar-refractivity contribution in [3.05, 3.63) is 53.3 Å². The Morgan fingerprint density at radius 3 is 2.62 bits per heavy atom. The Bertz CT molecular complexity index is 799. The first-order chi connectivity index (χ1) is 14.1. The molecule has 6 nitrogen and oxygen atoms in total. The van der Waals surface area contributed by atoms with Gasteiger partial charge in [-0.15, -0.1) is 0 Å². The average Bonchev–Trinajstić information content (AvgIpc) is 3.18. The number of piperidine rings is 1. The molecule has 1 saturated carbocycles. The molecule has 0 bridgehead atoms. The van der Waals surface area contributed by atoms with Crippen LogP contribution in [0.5, 0.6) is 0 Å². The predicted molar refractivity (Wildman–Crippen MR) is 111 cm³/mol. The molecule has 156 valence electrons. The van der Waals surface area contributed by atoms with Crippen molar-refractivity contribution in [1.82, 2.24) is 15.1 Å². The lowest BCUT2D eigenvalue weighted by Gasteiger charge is -2.40. The summed E-state index contributed by atoms with van der Waals surface area (Å²) in [5, 5.41) is 17.0. The minimum Gasteiger partial charge on any atom is -0.465 e. The maximum atomic E-state index is 11.9. The summed E-state index contributed by atoms with van der Waals surface area (Å²) >= 11 is 0. The zero-order valence-electron chi connectivity index (χ0n) is 17.1. The number of likely N-dealkylation sites (tertiary alicyclic amines) is 1. The second-order valence-corrected chi connectivity index (χ2v) is 8.48. The van der Waals surface area contributed by atoms with Gasteiger partial charge in [-0.3, -0.25) is 5.10 Å². The molecule has 2 heterocycles. The highest BCUT2D eigenvalue weighted by atomic mass is 16.5. The lowest BCUT2D eigenvalue weighted by molar-refractivity contribution is -0.0224. The number of hydrogen-bond donors (Lipinski definition) is 2. The summed E-state index contributed by atoms with van der Waals surface area (Å²) in [6.45, 7) is 3.06. The minimum atomic E-state index is -0.853. The summed E-state index contributed by atoms with van der Waals surface area (Å²) in [5.74, 6) is 0.727. The summed E-state index contributed by atoms with van der Waals surface area (Å²) < 4.78 is 6.32. The van der Waals surface area contributed by atoms with E-state index in [0.717, 1.165) is 49.8 Å². The van der Waals surface area contributed by atoms with Crippen molar-refractivity contribution < 1.29 is 14.6 Å². The first-order valence-corrected chi connectivity index (χ1v) is 10.8. The van der Waals surface area contributed by atoms with Crippen LogP contribution in [-0.4, -0.2) is 51.6 Å². The number of aromatic nitrogens is 2. The number of amides is 1. The first-order valence-electron chi connectivity index (χ1n) is 10.8. The average molecular weight is 398 g/mol. The second-order valence-electron chi connectivity index (χ2n) is 8.48. The zero-order valence-corrected chi connectivity index (χ0v) is 17.1. The number of benzene rings is 1. The molecule has 2 N–H and O–H groups in total.